The summed E-state index contributed by atoms with van der Waals surface area (Å²) in [5.74, 6) is 0.893. The van der Waals surface area contributed by atoms with E-state index in [1.807, 2.05) is 6.92 Å². The molecule has 0 amide bonds. The number of ether oxygens (including phenoxy) is 1. The summed E-state index contributed by atoms with van der Waals surface area (Å²) in [6.07, 6.45) is 2.51. The largest absolute Gasteiger partial charge is 0.378 e. The molecule has 2 heteroatoms. The van der Waals surface area contributed by atoms with Gasteiger partial charge in [0.1, 0.15) is 5.78 Å². The Morgan fingerprint density at radius 3 is 2.57 bits per heavy atom. The molecule has 0 bridgehead atoms. The summed E-state index contributed by atoms with van der Waals surface area (Å²) in [7, 11) is 0. The maximum absolute atomic E-state index is 11.3. The van der Waals surface area contributed by atoms with Crippen molar-refractivity contribution < 1.29 is 9.53 Å². The fraction of sp³-hybridized carbons (Fsp3) is 0.917. The molecule has 0 aromatic carbocycles. The van der Waals surface area contributed by atoms with Gasteiger partial charge in [-0.05, 0) is 24.7 Å². The van der Waals surface area contributed by atoms with E-state index >= 15 is 0 Å². The molecule has 1 fully saturated rings. The van der Waals surface area contributed by atoms with Crippen LogP contribution < -0.4 is 0 Å². The number of rotatable bonds is 2. The summed E-state index contributed by atoms with van der Waals surface area (Å²) >= 11 is 0. The zero-order valence-corrected chi connectivity index (χ0v) is 9.80. The maximum Gasteiger partial charge on any atom is 0.135 e. The van der Waals surface area contributed by atoms with Crippen molar-refractivity contribution in [3.05, 3.63) is 0 Å². The molecular weight excluding hydrogens is 176 g/mol. The molecule has 82 valence electrons. The molecular formula is C12H22O2. The highest BCUT2D eigenvalue weighted by atomic mass is 16.5. The van der Waals surface area contributed by atoms with E-state index in [1.54, 1.807) is 0 Å². The Balaban J connectivity index is 2.67. The second-order valence-electron chi connectivity index (χ2n) is 5.25. The Hall–Kier alpha value is -0.370. The van der Waals surface area contributed by atoms with Crippen LogP contribution in [0, 0.1) is 11.3 Å². The predicted octanol–water partition coefficient (Wildman–Crippen LogP) is 2.81. The van der Waals surface area contributed by atoms with Crippen molar-refractivity contribution in [1.29, 1.82) is 0 Å². The Kier molecular flexibility index (Phi) is 3.71. The van der Waals surface area contributed by atoms with Crippen molar-refractivity contribution in [1.82, 2.24) is 0 Å². The molecule has 1 rings (SSSR count). The Bertz CT molecular complexity index is 203. The first kappa shape index (κ1) is 11.7. The van der Waals surface area contributed by atoms with Crippen LogP contribution in [-0.2, 0) is 9.53 Å². The molecule has 0 aromatic rings. The lowest BCUT2D eigenvalue weighted by molar-refractivity contribution is -0.130. The molecule has 0 spiro atoms. The molecule has 1 aliphatic rings. The first-order chi connectivity index (χ1) is 6.45. The third-order valence-electron chi connectivity index (χ3n) is 3.10. The van der Waals surface area contributed by atoms with Gasteiger partial charge in [0.05, 0.1) is 6.10 Å². The van der Waals surface area contributed by atoms with Gasteiger partial charge in [-0.1, -0.05) is 20.8 Å². The van der Waals surface area contributed by atoms with Crippen molar-refractivity contribution in [3.8, 4) is 0 Å². The summed E-state index contributed by atoms with van der Waals surface area (Å²) in [4.78, 5) is 11.3. The van der Waals surface area contributed by atoms with E-state index in [-0.39, 0.29) is 11.5 Å². The van der Waals surface area contributed by atoms with Gasteiger partial charge in [-0.25, -0.2) is 0 Å². The van der Waals surface area contributed by atoms with Crippen LogP contribution in [0.2, 0.25) is 0 Å². The van der Waals surface area contributed by atoms with E-state index in [0.29, 0.717) is 24.7 Å². The van der Waals surface area contributed by atoms with E-state index in [9.17, 15) is 4.79 Å². The average Bonchev–Trinajstić information content (AvgIpc) is 2.02. The molecule has 0 N–H and O–H groups in total. The first-order valence-corrected chi connectivity index (χ1v) is 5.58. The standard InChI is InChI=1S/C12H22O2/c1-5-14-11-8-9(13)6-7-10(11)12(2,3)4/h10-11H,5-8H2,1-4H3. The van der Waals surface area contributed by atoms with Gasteiger partial charge in [0.15, 0.2) is 0 Å². The number of hydrogen-bond donors (Lipinski definition) is 0. The number of hydrogen-bond acceptors (Lipinski definition) is 2. The molecule has 0 saturated heterocycles. The van der Waals surface area contributed by atoms with Crippen molar-refractivity contribution in [2.24, 2.45) is 11.3 Å². The minimum absolute atomic E-state index is 0.154. The van der Waals surface area contributed by atoms with Crippen LogP contribution in [0.25, 0.3) is 0 Å². The highest BCUT2D eigenvalue weighted by Crippen LogP contribution is 2.38. The topological polar surface area (TPSA) is 26.3 Å². The zero-order chi connectivity index (χ0) is 10.8. The van der Waals surface area contributed by atoms with Gasteiger partial charge in [-0.3, -0.25) is 4.79 Å². The number of carbonyl (C=O) groups excluding carboxylic acids is 1. The molecule has 2 atom stereocenters. The molecule has 2 unspecified atom stereocenters. The Morgan fingerprint density at radius 2 is 2.07 bits per heavy atom. The normalized spacial score (nSPS) is 29.3. The maximum atomic E-state index is 11.3. The molecule has 1 aliphatic carbocycles. The Morgan fingerprint density at radius 1 is 1.43 bits per heavy atom. The van der Waals surface area contributed by atoms with Crippen molar-refractivity contribution in [3.63, 3.8) is 0 Å². The minimum Gasteiger partial charge on any atom is -0.378 e. The lowest BCUT2D eigenvalue weighted by atomic mass is 9.70. The molecule has 0 aromatic heterocycles. The van der Waals surface area contributed by atoms with Crippen LogP contribution in [0.15, 0.2) is 0 Å². The van der Waals surface area contributed by atoms with Crippen LogP contribution >= 0.6 is 0 Å². The molecule has 0 radical (unpaired) electrons. The van der Waals surface area contributed by atoms with Crippen LogP contribution in [0.4, 0.5) is 0 Å². The third kappa shape index (κ3) is 2.81. The van der Waals surface area contributed by atoms with Crippen molar-refractivity contribution >= 4 is 5.78 Å². The fourth-order valence-corrected chi connectivity index (χ4v) is 2.35. The summed E-state index contributed by atoms with van der Waals surface area (Å²) < 4.78 is 5.67. The SMILES string of the molecule is CCOC1CC(=O)CCC1C(C)(C)C. The predicted molar refractivity (Wildman–Crippen MR) is 57.2 cm³/mol. The highest BCUT2D eigenvalue weighted by Gasteiger charge is 2.37. The smallest absolute Gasteiger partial charge is 0.135 e. The number of carbonyl (C=O) groups is 1. The summed E-state index contributed by atoms with van der Waals surface area (Å²) in [6, 6.07) is 0. The Labute approximate surface area is 87.0 Å². The number of Topliss-reactive ketones (excluding diaryl/α,β-unsaturated/α-hetero) is 1. The molecule has 2 nitrogen and oxygen atoms in total. The molecule has 1 saturated carbocycles. The average molecular weight is 198 g/mol. The van der Waals surface area contributed by atoms with Crippen LogP contribution in [0.1, 0.15) is 47.0 Å². The van der Waals surface area contributed by atoms with E-state index in [1.165, 1.54) is 0 Å². The summed E-state index contributed by atoms with van der Waals surface area (Å²) in [5.41, 5.74) is 0.251. The third-order valence-corrected chi connectivity index (χ3v) is 3.10. The van der Waals surface area contributed by atoms with E-state index in [2.05, 4.69) is 20.8 Å². The first-order valence-electron chi connectivity index (χ1n) is 5.58. The van der Waals surface area contributed by atoms with Gasteiger partial charge >= 0.3 is 0 Å². The monoisotopic (exact) mass is 198 g/mol. The van der Waals surface area contributed by atoms with E-state index in [4.69, 9.17) is 4.74 Å². The highest BCUT2D eigenvalue weighted by molar-refractivity contribution is 5.79. The van der Waals surface area contributed by atoms with Gasteiger partial charge in [0.2, 0.25) is 0 Å². The molecule has 0 heterocycles. The van der Waals surface area contributed by atoms with Crippen LogP contribution in [0.5, 0.6) is 0 Å². The molecule has 0 aliphatic heterocycles. The van der Waals surface area contributed by atoms with Gasteiger partial charge in [0, 0.05) is 19.4 Å². The van der Waals surface area contributed by atoms with Gasteiger partial charge in [-0.2, -0.15) is 0 Å². The lowest BCUT2D eigenvalue weighted by Crippen LogP contribution is -2.39. The second-order valence-corrected chi connectivity index (χ2v) is 5.25. The minimum atomic E-state index is 0.154. The number of ketones is 1. The lowest BCUT2D eigenvalue weighted by Gasteiger charge is -2.39. The van der Waals surface area contributed by atoms with Gasteiger partial charge < -0.3 is 4.74 Å². The fourth-order valence-electron chi connectivity index (χ4n) is 2.35. The van der Waals surface area contributed by atoms with Gasteiger partial charge in [0.25, 0.3) is 0 Å². The molecule has 14 heavy (non-hydrogen) atoms. The van der Waals surface area contributed by atoms with Crippen molar-refractivity contribution in [2.45, 2.75) is 53.1 Å². The summed E-state index contributed by atoms with van der Waals surface area (Å²) in [6.45, 7) is 9.42. The van der Waals surface area contributed by atoms with Crippen LogP contribution in [0.3, 0.4) is 0 Å². The van der Waals surface area contributed by atoms with Gasteiger partial charge in [-0.15, -0.1) is 0 Å². The van der Waals surface area contributed by atoms with E-state index in [0.717, 1.165) is 12.8 Å². The zero-order valence-electron chi connectivity index (χ0n) is 9.80. The van der Waals surface area contributed by atoms with Crippen LogP contribution in [-0.4, -0.2) is 18.5 Å². The second kappa shape index (κ2) is 4.43. The van der Waals surface area contributed by atoms with E-state index < -0.39 is 0 Å². The van der Waals surface area contributed by atoms with Crippen molar-refractivity contribution in [2.75, 3.05) is 6.61 Å². The summed E-state index contributed by atoms with van der Waals surface area (Å²) in [5, 5.41) is 0. The quantitative estimate of drug-likeness (QED) is 0.682.